The van der Waals surface area contributed by atoms with Crippen LogP contribution in [0.3, 0.4) is 0 Å². The molecular weight excluding hydrogens is 482 g/mol. The van der Waals surface area contributed by atoms with Gasteiger partial charge in [0.2, 0.25) is 0 Å². The predicted octanol–water partition coefficient (Wildman–Crippen LogP) is 4.66. The second-order valence-corrected chi connectivity index (χ2v) is 8.32. The van der Waals surface area contributed by atoms with Gasteiger partial charge in [-0.25, -0.2) is 9.48 Å². The molecule has 0 aliphatic rings. The number of fused-ring (bicyclic) bond motifs is 1. The summed E-state index contributed by atoms with van der Waals surface area (Å²) in [4.78, 5) is 48.0. The van der Waals surface area contributed by atoms with E-state index in [1.54, 1.807) is 43.5 Å². The molecule has 0 saturated heterocycles. The molecule has 3 heterocycles. The lowest BCUT2D eigenvalue weighted by Crippen LogP contribution is -2.29. The average molecular weight is 506 g/mol. The Bertz CT molecular complexity index is 1680. The van der Waals surface area contributed by atoms with Gasteiger partial charge in [0.25, 0.3) is 5.56 Å². The number of anilines is 2. The fourth-order valence-corrected chi connectivity index (χ4v) is 4.07. The van der Waals surface area contributed by atoms with Gasteiger partial charge in [0.1, 0.15) is 16.9 Å². The number of carbonyl (C=O) groups is 2. The molecule has 1 N–H and O–H groups in total. The quantitative estimate of drug-likeness (QED) is 0.239. The molecule has 9 nitrogen and oxygen atoms in total. The van der Waals surface area contributed by atoms with Crippen molar-refractivity contribution in [2.24, 2.45) is 0 Å². The Morgan fingerprint density at radius 2 is 1.71 bits per heavy atom. The molecule has 0 saturated carbocycles. The summed E-state index contributed by atoms with van der Waals surface area (Å²) in [6.45, 7) is 1.56. The van der Waals surface area contributed by atoms with Gasteiger partial charge in [0.05, 0.1) is 5.52 Å². The summed E-state index contributed by atoms with van der Waals surface area (Å²) in [5.41, 5.74) is 1.98. The predicted molar refractivity (Wildman–Crippen MR) is 143 cm³/mol. The summed E-state index contributed by atoms with van der Waals surface area (Å²) in [6.07, 6.45) is 4.65. The largest absolute Gasteiger partial charge is 0.454 e. The number of nitrogens with zero attached hydrogens (tertiary/aromatic N) is 4. The van der Waals surface area contributed by atoms with Crippen LogP contribution in [0.4, 0.5) is 11.4 Å². The van der Waals surface area contributed by atoms with E-state index in [0.29, 0.717) is 16.8 Å². The molecule has 0 bridgehead atoms. The second kappa shape index (κ2) is 10.8. The smallest absolute Gasteiger partial charge is 0.343 e. The van der Waals surface area contributed by atoms with Crippen LogP contribution in [0.2, 0.25) is 0 Å². The third kappa shape index (κ3) is 4.90. The van der Waals surface area contributed by atoms with Crippen LogP contribution >= 0.6 is 0 Å². The van der Waals surface area contributed by atoms with E-state index in [9.17, 15) is 14.4 Å². The van der Waals surface area contributed by atoms with E-state index in [-0.39, 0.29) is 23.5 Å². The Hall–Kier alpha value is -5.18. The van der Waals surface area contributed by atoms with Crippen molar-refractivity contribution in [3.63, 3.8) is 0 Å². The summed E-state index contributed by atoms with van der Waals surface area (Å²) in [6, 6.07) is 21.2. The minimum atomic E-state index is -0.847. The van der Waals surface area contributed by atoms with Crippen LogP contribution in [0, 0.1) is 0 Å². The van der Waals surface area contributed by atoms with E-state index in [1.807, 2.05) is 30.3 Å². The highest BCUT2D eigenvalue weighted by Crippen LogP contribution is 2.30. The van der Waals surface area contributed by atoms with Crippen molar-refractivity contribution < 1.29 is 14.3 Å². The molecule has 0 fully saturated rings. The van der Waals surface area contributed by atoms with E-state index < -0.39 is 23.9 Å². The third-order valence-electron chi connectivity index (χ3n) is 5.95. The monoisotopic (exact) mass is 505 g/mol. The van der Waals surface area contributed by atoms with Crippen LogP contribution in [0.15, 0.2) is 96.2 Å². The summed E-state index contributed by atoms with van der Waals surface area (Å²) < 4.78 is 6.74. The Labute approximate surface area is 217 Å². The molecule has 0 aliphatic carbocycles. The normalized spacial score (nSPS) is 10.8. The number of pyridine rings is 2. The third-order valence-corrected chi connectivity index (χ3v) is 5.95. The van der Waals surface area contributed by atoms with Gasteiger partial charge in [-0.1, -0.05) is 36.4 Å². The molecule has 5 aromatic rings. The van der Waals surface area contributed by atoms with Gasteiger partial charge >= 0.3 is 5.97 Å². The summed E-state index contributed by atoms with van der Waals surface area (Å²) >= 11 is 0. The van der Waals surface area contributed by atoms with Crippen LogP contribution < -0.4 is 10.9 Å². The first-order chi connectivity index (χ1) is 18.6. The molecule has 0 unspecified atom stereocenters. The van der Waals surface area contributed by atoms with Crippen molar-refractivity contribution in [3.05, 3.63) is 113 Å². The number of ketones is 1. The molecule has 9 heteroatoms. The van der Waals surface area contributed by atoms with Crippen LogP contribution in [0.5, 0.6) is 0 Å². The zero-order valence-corrected chi connectivity index (χ0v) is 20.5. The molecule has 0 aliphatic heterocycles. The number of aromatic nitrogens is 4. The van der Waals surface area contributed by atoms with Gasteiger partial charge < -0.3 is 10.1 Å². The lowest BCUT2D eigenvalue weighted by molar-refractivity contribution is 0.0475. The van der Waals surface area contributed by atoms with Crippen LogP contribution in [-0.4, -0.2) is 38.1 Å². The number of esters is 1. The molecule has 2 aromatic carbocycles. The van der Waals surface area contributed by atoms with Crippen molar-refractivity contribution in [2.45, 2.75) is 13.5 Å². The maximum Gasteiger partial charge on any atom is 0.343 e. The van der Waals surface area contributed by atoms with Gasteiger partial charge in [-0.15, -0.1) is 0 Å². The molecule has 188 valence electrons. The fraction of sp³-hybridized carbons (Fsp3) is 0.103. The van der Waals surface area contributed by atoms with Crippen LogP contribution in [0.25, 0.3) is 22.2 Å². The Morgan fingerprint density at radius 1 is 0.921 bits per heavy atom. The number of carbonyl (C=O) groups excluding carboxylic acids is 2. The Morgan fingerprint density at radius 3 is 2.47 bits per heavy atom. The average Bonchev–Trinajstić information content (AvgIpc) is 2.97. The first kappa shape index (κ1) is 24.5. The van der Waals surface area contributed by atoms with Gasteiger partial charge in [-0.05, 0) is 43.3 Å². The molecule has 5 rings (SSSR count). The van der Waals surface area contributed by atoms with Gasteiger partial charge in [0, 0.05) is 47.3 Å². The van der Waals surface area contributed by atoms with Crippen molar-refractivity contribution in [1.29, 1.82) is 0 Å². The van der Waals surface area contributed by atoms with E-state index in [2.05, 4.69) is 20.4 Å². The number of hydrogen-bond acceptors (Lipinski definition) is 8. The van der Waals surface area contributed by atoms with E-state index in [0.717, 1.165) is 10.9 Å². The number of aryl methyl sites for hydroxylation is 1. The van der Waals surface area contributed by atoms with Gasteiger partial charge in [0.15, 0.2) is 12.4 Å². The number of nitrogens with one attached hydrogen (secondary N) is 1. The van der Waals surface area contributed by atoms with E-state index >= 15 is 0 Å². The summed E-state index contributed by atoms with van der Waals surface area (Å²) in [5, 5.41) is 8.42. The van der Waals surface area contributed by atoms with Crippen molar-refractivity contribution in [1.82, 2.24) is 19.7 Å². The number of Topliss-reactive ketones (excluding diaryl/α,β-unsaturated/α-hetero) is 1. The van der Waals surface area contributed by atoms with E-state index in [1.165, 1.54) is 29.2 Å². The highest BCUT2D eigenvalue weighted by molar-refractivity contribution is 6.05. The highest BCUT2D eigenvalue weighted by atomic mass is 16.5. The lowest BCUT2D eigenvalue weighted by atomic mass is 10.0. The van der Waals surface area contributed by atoms with Gasteiger partial charge in [-0.3, -0.25) is 19.6 Å². The number of hydrogen-bond donors (Lipinski definition) is 1. The molecule has 38 heavy (non-hydrogen) atoms. The lowest BCUT2D eigenvalue weighted by Gasteiger charge is -2.17. The fourth-order valence-electron chi connectivity index (χ4n) is 4.07. The molecule has 0 spiro atoms. The second-order valence-electron chi connectivity index (χ2n) is 8.32. The number of rotatable bonds is 8. The van der Waals surface area contributed by atoms with E-state index in [4.69, 9.17) is 4.74 Å². The van der Waals surface area contributed by atoms with Gasteiger partial charge in [-0.2, -0.15) is 5.10 Å². The standard InChI is InChI=1S/C29H23N5O4/c1-2-34-28(36)27(32-23-12-6-11-22-21(23)10-7-15-31-22)25(26(33-34)20-8-4-3-5-9-20)29(37)38-18-24(35)19-13-16-30-17-14-19/h3-17,32H,2,18H2,1H3. The molecule has 3 aromatic heterocycles. The van der Waals surface area contributed by atoms with Crippen molar-refractivity contribution in [2.75, 3.05) is 11.9 Å². The SMILES string of the molecule is CCn1nc(-c2ccccc2)c(C(=O)OCC(=O)c2ccncc2)c(Nc2cccc3ncccc23)c1=O. The zero-order valence-electron chi connectivity index (χ0n) is 20.5. The first-order valence-electron chi connectivity index (χ1n) is 12.0. The number of benzene rings is 2. The molecule has 0 radical (unpaired) electrons. The minimum Gasteiger partial charge on any atom is -0.454 e. The summed E-state index contributed by atoms with van der Waals surface area (Å²) in [5.74, 6) is -1.24. The van der Waals surface area contributed by atoms with Crippen LogP contribution in [0.1, 0.15) is 27.6 Å². The maximum atomic E-state index is 13.6. The molecule has 0 atom stereocenters. The number of ether oxygens (including phenoxy) is 1. The maximum absolute atomic E-state index is 13.6. The Kier molecular flexibility index (Phi) is 6.99. The minimum absolute atomic E-state index is 0.00147. The zero-order chi connectivity index (χ0) is 26.5. The highest BCUT2D eigenvalue weighted by Gasteiger charge is 2.26. The molecule has 0 amide bonds. The summed E-state index contributed by atoms with van der Waals surface area (Å²) in [7, 11) is 0. The topological polar surface area (TPSA) is 116 Å². The first-order valence-corrected chi connectivity index (χ1v) is 12.0. The Balaban J connectivity index is 1.63. The van der Waals surface area contributed by atoms with Crippen molar-refractivity contribution >= 4 is 34.0 Å². The van der Waals surface area contributed by atoms with Crippen LogP contribution in [-0.2, 0) is 11.3 Å². The van der Waals surface area contributed by atoms with Crippen molar-refractivity contribution in [3.8, 4) is 11.3 Å². The molecular formula is C29H23N5O4.